The van der Waals surface area contributed by atoms with E-state index in [1.807, 2.05) is 36.4 Å². The van der Waals surface area contributed by atoms with Crippen LogP contribution in [0.5, 0.6) is 5.75 Å². The molecule has 1 aliphatic carbocycles. The normalized spacial score (nSPS) is 16.2. The third-order valence-corrected chi connectivity index (χ3v) is 5.32. The number of hydrogen-bond donors (Lipinski definition) is 0. The van der Waals surface area contributed by atoms with Crippen molar-refractivity contribution in [3.63, 3.8) is 0 Å². The number of hydrogen-bond acceptors (Lipinski definition) is 3. The standard InChI is InChI=1S/C26H21NO2/c27-18-19-8-7-13-23(16-19)29-26(28)22-14-15-24(20-9-3-1-4-10-20)25(17-22)21-11-5-2-6-12-21/h1-13,16,22H,14-15,17H2. The number of nitrogens with zero attached hydrogens (tertiary/aromatic N) is 1. The Hall–Kier alpha value is -3.64. The molecule has 0 bridgehead atoms. The lowest BCUT2D eigenvalue weighted by Gasteiger charge is -2.27. The van der Waals surface area contributed by atoms with Crippen molar-refractivity contribution < 1.29 is 9.53 Å². The number of allylic oxidation sites excluding steroid dienone is 2. The molecule has 3 aromatic carbocycles. The van der Waals surface area contributed by atoms with Crippen LogP contribution in [0.15, 0.2) is 84.9 Å². The molecule has 3 aromatic rings. The highest BCUT2D eigenvalue weighted by molar-refractivity contribution is 5.94. The molecule has 1 unspecified atom stereocenters. The van der Waals surface area contributed by atoms with E-state index in [1.54, 1.807) is 24.3 Å². The zero-order chi connectivity index (χ0) is 20.1. The summed E-state index contributed by atoms with van der Waals surface area (Å²) in [6.07, 6.45) is 2.22. The molecule has 4 rings (SSSR count). The summed E-state index contributed by atoms with van der Waals surface area (Å²) in [5, 5.41) is 9.05. The van der Waals surface area contributed by atoms with Gasteiger partial charge < -0.3 is 4.74 Å². The lowest BCUT2D eigenvalue weighted by atomic mass is 9.78. The van der Waals surface area contributed by atoms with Gasteiger partial charge in [-0.1, -0.05) is 66.7 Å². The van der Waals surface area contributed by atoms with Crippen molar-refractivity contribution in [2.24, 2.45) is 5.92 Å². The topological polar surface area (TPSA) is 50.1 Å². The highest BCUT2D eigenvalue weighted by atomic mass is 16.5. The summed E-state index contributed by atoms with van der Waals surface area (Å²) in [7, 11) is 0. The van der Waals surface area contributed by atoms with E-state index in [0.717, 1.165) is 18.4 Å². The van der Waals surface area contributed by atoms with Crippen LogP contribution in [0, 0.1) is 17.2 Å². The predicted molar refractivity (Wildman–Crippen MR) is 114 cm³/mol. The number of esters is 1. The summed E-state index contributed by atoms with van der Waals surface area (Å²) in [6.45, 7) is 0. The van der Waals surface area contributed by atoms with Crippen molar-refractivity contribution in [1.29, 1.82) is 5.26 Å². The summed E-state index contributed by atoms with van der Waals surface area (Å²) >= 11 is 0. The molecular formula is C26H21NO2. The van der Waals surface area contributed by atoms with Crippen LogP contribution in [0.2, 0.25) is 0 Å². The maximum atomic E-state index is 12.9. The molecule has 0 N–H and O–H groups in total. The van der Waals surface area contributed by atoms with E-state index in [9.17, 15) is 4.79 Å². The summed E-state index contributed by atoms with van der Waals surface area (Å²) in [5.41, 5.74) is 5.34. The van der Waals surface area contributed by atoms with Gasteiger partial charge in [-0.25, -0.2) is 0 Å². The zero-order valence-electron chi connectivity index (χ0n) is 16.0. The molecule has 29 heavy (non-hydrogen) atoms. The summed E-state index contributed by atoms with van der Waals surface area (Å²) in [4.78, 5) is 12.9. The van der Waals surface area contributed by atoms with Crippen LogP contribution in [-0.4, -0.2) is 5.97 Å². The molecule has 0 aliphatic heterocycles. The molecule has 0 spiro atoms. The van der Waals surface area contributed by atoms with Crippen LogP contribution < -0.4 is 4.74 Å². The largest absolute Gasteiger partial charge is 0.426 e. The highest BCUT2D eigenvalue weighted by Crippen LogP contribution is 2.41. The van der Waals surface area contributed by atoms with E-state index in [1.165, 1.54) is 16.7 Å². The van der Waals surface area contributed by atoms with Crippen LogP contribution >= 0.6 is 0 Å². The lowest BCUT2D eigenvalue weighted by Crippen LogP contribution is -2.23. The Balaban J connectivity index is 1.61. The average molecular weight is 379 g/mol. The molecule has 3 nitrogen and oxygen atoms in total. The van der Waals surface area contributed by atoms with Crippen molar-refractivity contribution in [2.45, 2.75) is 19.3 Å². The van der Waals surface area contributed by atoms with E-state index in [-0.39, 0.29) is 11.9 Å². The lowest BCUT2D eigenvalue weighted by molar-refractivity contribution is -0.139. The van der Waals surface area contributed by atoms with Gasteiger partial charge in [-0.2, -0.15) is 5.26 Å². The van der Waals surface area contributed by atoms with Crippen molar-refractivity contribution >= 4 is 17.1 Å². The molecule has 142 valence electrons. The van der Waals surface area contributed by atoms with Gasteiger partial charge in [0.1, 0.15) is 5.75 Å². The Morgan fingerprint density at radius 3 is 2.17 bits per heavy atom. The van der Waals surface area contributed by atoms with Gasteiger partial charge in [-0.3, -0.25) is 4.79 Å². The Labute approximate surface area is 170 Å². The van der Waals surface area contributed by atoms with E-state index >= 15 is 0 Å². The van der Waals surface area contributed by atoms with E-state index in [0.29, 0.717) is 17.7 Å². The molecule has 0 heterocycles. The first-order valence-electron chi connectivity index (χ1n) is 9.79. The Kier molecular flexibility index (Phi) is 5.54. The SMILES string of the molecule is N#Cc1cccc(OC(=O)C2CCC(c3ccccc3)=C(c3ccccc3)C2)c1. The second-order valence-corrected chi connectivity index (χ2v) is 7.19. The maximum absolute atomic E-state index is 12.9. The summed E-state index contributed by atoms with van der Waals surface area (Å²) < 4.78 is 5.61. The van der Waals surface area contributed by atoms with E-state index < -0.39 is 0 Å². The Morgan fingerprint density at radius 2 is 1.52 bits per heavy atom. The van der Waals surface area contributed by atoms with Crippen LogP contribution in [-0.2, 0) is 4.79 Å². The molecule has 0 saturated heterocycles. The minimum Gasteiger partial charge on any atom is -0.426 e. The third-order valence-electron chi connectivity index (χ3n) is 5.32. The molecule has 0 fully saturated rings. The first-order chi connectivity index (χ1) is 14.2. The fourth-order valence-electron chi connectivity index (χ4n) is 3.86. The number of benzene rings is 3. The molecule has 0 saturated carbocycles. The van der Waals surface area contributed by atoms with E-state index in [4.69, 9.17) is 10.00 Å². The minimum absolute atomic E-state index is 0.205. The molecule has 0 aromatic heterocycles. The van der Waals surface area contributed by atoms with Crippen molar-refractivity contribution in [3.05, 3.63) is 102 Å². The number of carbonyl (C=O) groups is 1. The number of rotatable bonds is 4. The zero-order valence-corrected chi connectivity index (χ0v) is 16.0. The van der Waals surface area contributed by atoms with Gasteiger partial charge in [0.2, 0.25) is 0 Å². The molecular weight excluding hydrogens is 358 g/mol. The van der Waals surface area contributed by atoms with Gasteiger partial charge in [0.25, 0.3) is 0 Å². The fourth-order valence-corrected chi connectivity index (χ4v) is 3.86. The summed E-state index contributed by atoms with van der Waals surface area (Å²) in [6, 6.07) is 29.4. The van der Waals surface area contributed by atoms with Crippen molar-refractivity contribution in [1.82, 2.24) is 0 Å². The average Bonchev–Trinajstić information content (AvgIpc) is 2.80. The van der Waals surface area contributed by atoms with Gasteiger partial charge in [-0.15, -0.1) is 0 Å². The van der Waals surface area contributed by atoms with Gasteiger partial charge in [0.05, 0.1) is 17.6 Å². The second-order valence-electron chi connectivity index (χ2n) is 7.19. The quantitative estimate of drug-likeness (QED) is 0.420. The number of ether oxygens (including phenoxy) is 1. The van der Waals surface area contributed by atoms with E-state index in [2.05, 4.69) is 30.3 Å². The van der Waals surface area contributed by atoms with Crippen molar-refractivity contribution in [2.75, 3.05) is 0 Å². The van der Waals surface area contributed by atoms with Crippen LogP contribution in [0.25, 0.3) is 11.1 Å². The molecule has 0 radical (unpaired) electrons. The minimum atomic E-state index is -0.236. The molecule has 3 heteroatoms. The monoisotopic (exact) mass is 379 g/mol. The van der Waals surface area contributed by atoms with Crippen LogP contribution in [0.4, 0.5) is 0 Å². The predicted octanol–water partition coefficient (Wildman–Crippen LogP) is 5.87. The van der Waals surface area contributed by atoms with Crippen LogP contribution in [0.1, 0.15) is 36.0 Å². The summed E-state index contributed by atoms with van der Waals surface area (Å²) in [5.74, 6) is -0.0165. The van der Waals surface area contributed by atoms with Crippen molar-refractivity contribution in [3.8, 4) is 11.8 Å². The Bertz CT molecular complexity index is 1080. The molecule has 1 atom stereocenters. The first-order valence-corrected chi connectivity index (χ1v) is 9.79. The fraction of sp³-hybridized carbons (Fsp3) is 0.154. The number of carbonyl (C=O) groups excluding carboxylic acids is 1. The van der Waals surface area contributed by atoms with Gasteiger partial charge in [-0.05, 0) is 59.7 Å². The van der Waals surface area contributed by atoms with Gasteiger partial charge >= 0.3 is 5.97 Å². The molecule has 1 aliphatic rings. The van der Waals surface area contributed by atoms with Gasteiger partial charge in [0, 0.05) is 0 Å². The second kappa shape index (κ2) is 8.58. The van der Waals surface area contributed by atoms with Crippen LogP contribution in [0.3, 0.4) is 0 Å². The molecule has 0 amide bonds. The first kappa shape index (κ1) is 18.7. The number of nitriles is 1. The Morgan fingerprint density at radius 1 is 0.862 bits per heavy atom. The third kappa shape index (κ3) is 4.28. The maximum Gasteiger partial charge on any atom is 0.314 e. The highest BCUT2D eigenvalue weighted by Gasteiger charge is 2.29. The smallest absolute Gasteiger partial charge is 0.314 e. The van der Waals surface area contributed by atoms with Gasteiger partial charge in [0.15, 0.2) is 0 Å².